The van der Waals surface area contributed by atoms with Gasteiger partial charge in [-0.2, -0.15) is 13.2 Å². The number of rotatable bonds is 8. The molecule has 4 aromatic rings. The number of fused-ring (bicyclic) bond motifs is 1. The first-order valence-electron chi connectivity index (χ1n) is 10.5. The zero-order valence-corrected chi connectivity index (χ0v) is 19.1. The van der Waals surface area contributed by atoms with Crippen LogP contribution in [0.4, 0.5) is 13.2 Å². The van der Waals surface area contributed by atoms with Crippen molar-refractivity contribution in [3.8, 4) is 16.9 Å². The molecule has 0 atom stereocenters. The third-order valence-electron chi connectivity index (χ3n) is 5.19. The number of amides is 1. The Hall–Kier alpha value is -3.36. The lowest BCUT2D eigenvalue weighted by Crippen LogP contribution is -2.26. The molecule has 1 amide bonds. The van der Waals surface area contributed by atoms with Gasteiger partial charge in [-0.25, -0.2) is 0 Å². The van der Waals surface area contributed by atoms with Crippen molar-refractivity contribution in [3.05, 3.63) is 88.8 Å². The third-order valence-corrected chi connectivity index (χ3v) is 6.35. The van der Waals surface area contributed by atoms with E-state index in [4.69, 9.17) is 9.47 Å². The highest BCUT2D eigenvalue weighted by Gasteiger charge is 2.30. The number of nitrogens with one attached hydrogen (secondary N) is 1. The van der Waals surface area contributed by atoms with Crippen LogP contribution >= 0.6 is 11.3 Å². The van der Waals surface area contributed by atoms with E-state index in [0.717, 1.165) is 38.2 Å². The Balaban J connectivity index is 1.51. The van der Waals surface area contributed by atoms with Crippen molar-refractivity contribution in [2.24, 2.45) is 0 Å². The molecule has 0 radical (unpaired) electrons. The molecule has 0 saturated carbocycles. The van der Waals surface area contributed by atoms with Crippen LogP contribution in [0.3, 0.4) is 0 Å². The molecule has 1 aromatic heterocycles. The van der Waals surface area contributed by atoms with Crippen LogP contribution in [0.25, 0.3) is 21.2 Å². The average molecular weight is 486 g/mol. The highest BCUT2D eigenvalue weighted by Crippen LogP contribution is 2.36. The molecule has 0 unspecified atom stereocenters. The maximum atomic E-state index is 12.9. The number of thiophene rings is 1. The molecule has 8 heteroatoms. The van der Waals surface area contributed by atoms with E-state index >= 15 is 0 Å². The highest BCUT2D eigenvalue weighted by molar-refractivity contribution is 7.19. The Morgan fingerprint density at radius 2 is 1.76 bits per heavy atom. The minimum Gasteiger partial charge on any atom is -0.488 e. The molecule has 4 rings (SSSR count). The maximum absolute atomic E-state index is 12.9. The van der Waals surface area contributed by atoms with E-state index in [1.54, 1.807) is 19.2 Å². The van der Waals surface area contributed by atoms with Gasteiger partial charge in [0.2, 0.25) is 0 Å². The fourth-order valence-corrected chi connectivity index (χ4v) is 4.61. The summed E-state index contributed by atoms with van der Waals surface area (Å²) in [5, 5.41) is 3.81. The van der Waals surface area contributed by atoms with Crippen LogP contribution in [-0.2, 0) is 17.5 Å². The Kier molecular flexibility index (Phi) is 7.19. The van der Waals surface area contributed by atoms with E-state index in [9.17, 15) is 18.0 Å². The molecule has 0 spiro atoms. The lowest BCUT2D eigenvalue weighted by molar-refractivity contribution is -0.137. The molecule has 0 bridgehead atoms. The van der Waals surface area contributed by atoms with Gasteiger partial charge in [-0.1, -0.05) is 36.4 Å². The van der Waals surface area contributed by atoms with Gasteiger partial charge in [0, 0.05) is 28.8 Å². The number of ether oxygens (including phenoxy) is 2. The van der Waals surface area contributed by atoms with Crippen molar-refractivity contribution >= 4 is 27.3 Å². The molecule has 0 aliphatic carbocycles. The number of hydrogen-bond acceptors (Lipinski definition) is 4. The van der Waals surface area contributed by atoms with Crippen LogP contribution in [0.1, 0.15) is 20.8 Å². The second kappa shape index (κ2) is 10.3. The summed E-state index contributed by atoms with van der Waals surface area (Å²) in [5.74, 6) is 0.0128. The van der Waals surface area contributed by atoms with Gasteiger partial charge in [0.1, 0.15) is 12.4 Å². The summed E-state index contributed by atoms with van der Waals surface area (Å²) >= 11 is 1.53. The van der Waals surface area contributed by atoms with Gasteiger partial charge in [0.15, 0.2) is 0 Å². The molecule has 0 aliphatic rings. The second-order valence-electron chi connectivity index (χ2n) is 7.58. The number of benzene rings is 3. The van der Waals surface area contributed by atoms with Crippen LogP contribution in [0.5, 0.6) is 5.75 Å². The third kappa shape index (κ3) is 5.58. The largest absolute Gasteiger partial charge is 0.488 e. The number of methoxy groups -OCH3 is 1. The molecule has 0 fully saturated rings. The molecule has 176 valence electrons. The minimum atomic E-state index is -4.41. The number of hydrogen-bond donors (Lipinski definition) is 1. The summed E-state index contributed by atoms with van der Waals surface area (Å²) in [6, 6.07) is 20.2. The summed E-state index contributed by atoms with van der Waals surface area (Å²) in [4.78, 5) is 13.1. The molecule has 34 heavy (non-hydrogen) atoms. The quantitative estimate of drug-likeness (QED) is 0.288. The Labute approximate surface area is 198 Å². The first-order valence-corrected chi connectivity index (χ1v) is 11.4. The van der Waals surface area contributed by atoms with Gasteiger partial charge >= 0.3 is 6.18 Å². The van der Waals surface area contributed by atoms with Gasteiger partial charge in [-0.15, -0.1) is 11.3 Å². The summed E-state index contributed by atoms with van der Waals surface area (Å²) in [6.07, 6.45) is -4.41. The van der Waals surface area contributed by atoms with Crippen molar-refractivity contribution in [1.82, 2.24) is 5.32 Å². The predicted octanol–water partition coefficient (Wildman–Crippen LogP) is 6.54. The zero-order valence-electron chi connectivity index (χ0n) is 18.3. The molecule has 4 nitrogen and oxygen atoms in total. The molecule has 0 aliphatic heterocycles. The van der Waals surface area contributed by atoms with Gasteiger partial charge < -0.3 is 14.8 Å². The normalized spacial score (nSPS) is 11.5. The van der Waals surface area contributed by atoms with Gasteiger partial charge in [0.25, 0.3) is 5.91 Å². The van der Waals surface area contributed by atoms with Gasteiger partial charge in [-0.3, -0.25) is 4.79 Å². The molecule has 0 saturated heterocycles. The SMILES string of the molecule is COCCNC(=O)c1ccc(-c2cccc3cc(COc4cccc(C(F)(F)F)c4)sc23)cc1. The van der Waals surface area contributed by atoms with Crippen molar-refractivity contribution < 1.29 is 27.4 Å². The van der Waals surface area contributed by atoms with Crippen LogP contribution in [0, 0.1) is 0 Å². The van der Waals surface area contributed by atoms with Gasteiger partial charge in [0.05, 0.1) is 12.2 Å². The number of carbonyl (C=O) groups is 1. The first-order chi connectivity index (χ1) is 16.3. The molecule has 1 N–H and O–H groups in total. The van der Waals surface area contributed by atoms with Crippen LogP contribution in [0.2, 0.25) is 0 Å². The zero-order chi connectivity index (χ0) is 24.1. The summed E-state index contributed by atoms with van der Waals surface area (Å²) in [6.45, 7) is 1.06. The molecular formula is C26H22F3NO3S. The van der Waals surface area contributed by atoms with Crippen LogP contribution in [0.15, 0.2) is 72.8 Å². The maximum Gasteiger partial charge on any atom is 0.416 e. The fourth-order valence-electron chi connectivity index (χ4n) is 3.50. The average Bonchev–Trinajstić information content (AvgIpc) is 3.26. The predicted molar refractivity (Wildman–Crippen MR) is 127 cm³/mol. The van der Waals surface area contributed by atoms with Crippen molar-refractivity contribution in [2.75, 3.05) is 20.3 Å². The molecule has 1 heterocycles. The minimum absolute atomic E-state index is 0.160. The Bertz CT molecular complexity index is 1280. The number of alkyl halides is 3. The van der Waals surface area contributed by atoms with Crippen molar-refractivity contribution in [3.63, 3.8) is 0 Å². The first kappa shape index (κ1) is 23.8. The number of carbonyl (C=O) groups excluding carboxylic acids is 1. The molecule has 3 aromatic carbocycles. The van der Waals surface area contributed by atoms with Crippen molar-refractivity contribution in [1.29, 1.82) is 0 Å². The number of halogens is 3. The highest BCUT2D eigenvalue weighted by atomic mass is 32.1. The van der Waals surface area contributed by atoms with Crippen LogP contribution < -0.4 is 10.1 Å². The second-order valence-corrected chi connectivity index (χ2v) is 8.71. The van der Waals surface area contributed by atoms with Crippen molar-refractivity contribution in [2.45, 2.75) is 12.8 Å². The van der Waals surface area contributed by atoms with E-state index in [0.29, 0.717) is 18.7 Å². The Morgan fingerprint density at radius 3 is 2.50 bits per heavy atom. The summed E-state index contributed by atoms with van der Waals surface area (Å²) < 4.78 is 50.4. The summed E-state index contributed by atoms with van der Waals surface area (Å²) in [5.41, 5.74) is 1.80. The van der Waals surface area contributed by atoms with E-state index < -0.39 is 11.7 Å². The standard InChI is InChI=1S/C26H22F3NO3S/c1-32-13-12-30-25(31)18-10-8-17(9-11-18)23-7-2-4-19-14-22(34-24(19)23)16-33-21-6-3-5-20(15-21)26(27,28)29/h2-11,14-15H,12-13,16H2,1H3,(H,30,31). The fraction of sp³-hybridized carbons (Fsp3) is 0.192. The monoisotopic (exact) mass is 485 g/mol. The Morgan fingerprint density at radius 1 is 1.00 bits per heavy atom. The molecular weight excluding hydrogens is 463 g/mol. The van der Waals surface area contributed by atoms with Gasteiger partial charge in [-0.05, 0) is 52.9 Å². The van der Waals surface area contributed by atoms with E-state index in [-0.39, 0.29) is 18.3 Å². The lowest BCUT2D eigenvalue weighted by atomic mass is 10.0. The van der Waals surface area contributed by atoms with Crippen LogP contribution in [-0.4, -0.2) is 26.2 Å². The smallest absolute Gasteiger partial charge is 0.416 e. The topological polar surface area (TPSA) is 47.6 Å². The van der Waals surface area contributed by atoms with E-state index in [2.05, 4.69) is 5.32 Å². The lowest BCUT2D eigenvalue weighted by Gasteiger charge is -2.09. The summed E-state index contributed by atoms with van der Waals surface area (Å²) in [7, 11) is 1.58. The van der Waals surface area contributed by atoms with E-state index in [1.807, 2.05) is 36.4 Å². The van der Waals surface area contributed by atoms with E-state index in [1.165, 1.54) is 23.5 Å².